The highest BCUT2D eigenvalue weighted by atomic mass is 16.6. The number of carbonyl (C=O) groups is 3. The molecule has 0 radical (unpaired) electrons. The number of likely N-dealkylation sites (N-methyl/N-ethyl adjacent to an activating group) is 1. The number of unbranched alkanes of at least 4 members (excludes halogenated alkanes) is 28. The van der Waals surface area contributed by atoms with Crippen molar-refractivity contribution >= 4 is 17.9 Å². The number of carbonyl (C=O) groups excluding carboxylic acids is 3. The lowest BCUT2D eigenvalue weighted by atomic mass is 10.0. The van der Waals surface area contributed by atoms with E-state index in [1.54, 1.807) is 21.1 Å². The molecule has 0 aromatic rings. The van der Waals surface area contributed by atoms with E-state index in [1.165, 1.54) is 154 Å². The molecule has 352 valence electrons. The monoisotopic (exact) mass is 848 g/mol. The molecule has 0 aromatic heterocycles. The van der Waals surface area contributed by atoms with Crippen molar-refractivity contribution in [2.75, 3.05) is 41.0 Å². The number of hydrogen-bond acceptors (Lipinski definition) is 7. The van der Waals surface area contributed by atoms with Gasteiger partial charge in [0, 0.05) is 19.3 Å². The fraction of sp³-hybridized carbons (Fsp3) is 0.865. The van der Waals surface area contributed by atoms with Crippen LogP contribution in [0, 0.1) is 0 Å². The summed E-state index contributed by atoms with van der Waals surface area (Å²) in [5.41, 5.74) is 0. The molecule has 0 heterocycles. The van der Waals surface area contributed by atoms with Gasteiger partial charge in [-0.15, -0.1) is 0 Å². The van der Waals surface area contributed by atoms with Crippen LogP contribution in [0.3, 0.4) is 0 Å². The van der Waals surface area contributed by atoms with E-state index in [1.807, 2.05) is 0 Å². The molecule has 2 atom stereocenters. The summed E-state index contributed by atoms with van der Waals surface area (Å²) in [6.07, 6.45) is 49.2. The van der Waals surface area contributed by atoms with E-state index in [-0.39, 0.29) is 42.7 Å². The number of nitrogens with zero attached hydrogens (tertiary/aromatic N) is 1. The zero-order valence-electron chi connectivity index (χ0n) is 40.1. The van der Waals surface area contributed by atoms with E-state index in [9.17, 15) is 19.5 Å². The van der Waals surface area contributed by atoms with Crippen molar-refractivity contribution in [2.45, 2.75) is 251 Å². The van der Waals surface area contributed by atoms with Gasteiger partial charge in [0.1, 0.15) is 12.6 Å². The molecule has 8 nitrogen and oxygen atoms in total. The van der Waals surface area contributed by atoms with Gasteiger partial charge in [-0.3, -0.25) is 9.59 Å². The summed E-state index contributed by atoms with van der Waals surface area (Å²) in [7, 11) is 5.42. The molecule has 0 saturated heterocycles. The molecular formula is C52H97NO7. The third-order valence-corrected chi connectivity index (χ3v) is 11.6. The van der Waals surface area contributed by atoms with Crippen molar-refractivity contribution in [1.82, 2.24) is 0 Å². The van der Waals surface area contributed by atoms with Crippen LogP contribution in [0.25, 0.3) is 0 Å². The fourth-order valence-corrected chi connectivity index (χ4v) is 7.63. The third kappa shape index (κ3) is 41.2. The number of rotatable bonds is 46. The Labute approximate surface area is 371 Å². The molecule has 0 fully saturated rings. The lowest BCUT2D eigenvalue weighted by Crippen LogP contribution is -2.55. The number of carboxylic acid groups (broad SMARTS) is 1. The van der Waals surface area contributed by atoms with Crippen molar-refractivity contribution in [3.8, 4) is 0 Å². The van der Waals surface area contributed by atoms with E-state index in [0.29, 0.717) is 12.8 Å². The van der Waals surface area contributed by atoms with Gasteiger partial charge >= 0.3 is 11.9 Å². The Morgan fingerprint density at radius 3 is 1.28 bits per heavy atom. The summed E-state index contributed by atoms with van der Waals surface area (Å²) in [6, 6.07) is -0.724. The molecule has 0 bridgehead atoms. The molecule has 0 amide bonds. The quantitative estimate of drug-likeness (QED) is 0.0260. The lowest BCUT2D eigenvalue weighted by Gasteiger charge is -2.34. The first-order valence-electron chi connectivity index (χ1n) is 25.4. The van der Waals surface area contributed by atoms with Gasteiger partial charge in [-0.05, 0) is 44.9 Å². The van der Waals surface area contributed by atoms with Gasteiger partial charge in [0.15, 0.2) is 6.10 Å². The van der Waals surface area contributed by atoms with Crippen LogP contribution in [-0.2, 0) is 28.6 Å². The third-order valence-electron chi connectivity index (χ3n) is 11.6. The first kappa shape index (κ1) is 57.8. The van der Waals surface area contributed by atoms with Crippen LogP contribution >= 0.6 is 0 Å². The summed E-state index contributed by atoms with van der Waals surface area (Å²) >= 11 is 0. The Balaban J connectivity index is 4.19. The van der Waals surface area contributed by atoms with Crippen molar-refractivity contribution in [1.29, 1.82) is 0 Å². The minimum atomic E-state index is -1.12. The number of quaternary nitrogens is 1. The SMILES string of the molecule is CCCCCCCCCCC/C=C/C/C=C/CCCCCCCCCC(=O)OCC(COCCC(C(=O)[O-])[N+](C)(C)C)OC(=O)CCCCCCCCCCCCCCC. The van der Waals surface area contributed by atoms with Gasteiger partial charge in [0.05, 0.1) is 40.3 Å². The molecule has 2 unspecified atom stereocenters. The predicted octanol–water partition coefficient (Wildman–Crippen LogP) is 13.1. The highest BCUT2D eigenvalue weighted by Gasteiger charge is 2.25. The second kappa shape index (κ2) is 43.5. The summed E-state index contributed by atoms with van der Waals surface area (Å²) < 4.78 is 17.2. The van der Waals surface area contributed by atoms with E-state index in [0.717, 1.165) is 51.4 Å². The molecular weight excluding hydrogens is 751 g/mol. The summed E-state index contributed by atoms with van der Waals surface area (Å²) in [5.74, 6) is -1.73. The van der Waals surface area contributed by atoms with Crippen LogP contribution < -0.4 is 5.11 Å². The Morgan fingerprint density at radius 1 is 0.500 bits per heavy atom. The Kier molecular flexibility index (Phi) is 41.9. The van der Waals surface area contributed by atoms with Gasteiger partial charge in [0.2, 0.25) is 0 Å². The Hall–Kier alpha value is -2.19. The van der Waals surface area contributed by atoms with E-state index in [4.69, 9.17) is 14.2 Å². The van der Waals surface area contributed by atoms with E-state index >= 15 is 0 Å². The van der Waals surface area contributed by atoms with Gasteiger partial charge in [0.25, 0.3) is 0 Å². The summed E-state index contributed by atoms with van der Waals surface area (Å²) in [4.78, 5) is 37.0. The number of hydrogen-bond donors (Lipinski definition) is 0. The molecule has 0 aromatic carbocycles. The van der Waals surface area contributed by atoms with Crippen LogP contribution in [0.4, 0.5) is 0 Å². The molecule has 0 spiro atoms. The fourth-order valence-electron chi connectivity index (χ4n) is 7.63. The van der Waals surface area contributed by atoms with Gasteiger partial charge in [-0.1, -0.05) is 199 Å². The largest absolute Gasteiger partial charge is 0.544 e. The van der Waals surface area contributed by atoms with Crippen LogP contribution in [-0.4, -0.2) is 75.5 Å². The van der Waals surface area contributed by atoms with Crippen LogP contribution in [0.2, 0.25) is 0 Å². The van der Waals surface area contributed by atoms with Crippen LogP contribution in [0.15, 0.2) is 24.3 Å². The number of aliphatic carboxylic acids is 1. The lowest BCUT2D eigenvalue weighted by molar-refractivity contribution is -0.889. The first-order chi connectivity index (χ1) is 29.1. The van der Waals surface area contributed by atoms with Crippen molar-refractivity contribution in [3.05, 3.63) is 24.3 Å². The van der Waals surface area contributed by atoms with Gasteiger partial charge in [-0.2, -0.15) is 0 Å². The zero-order chi connectivity index (χ0) is 44.2. The van der Waals surface area contributed by atoms with Crippen LogP contribution in [0.5, 0.6) is 0 Å². The maximum Gasteiger partial charge on any atom is 0.306 e. The number of carboxylic acids is 1. The minimum Gasteiger partial charge on any atom is -0.544 e. The second-order valence-electron chi connectivity index (χ2n) is 18.4. The summed E-state index contributed by atoms with van der Waals surface area (Å²) in [6.45, 7) is 4.68. The van der Waals surface area contributed by atoms with Gasteiger partial charge in [-0.25, -0.2) is 0 Å². The van der Waals surface area contributed by atoms with E-state index in [2.05, 4.69) is 38.2 Å². The van der Waals surface area contributed by atoms with Gasteiger partial charge < -0.3 is 28.6 Å². The van der Waals surface area contributed by atoms with E-state index < -0.39 is 18.1 Å². The van der Waals surface area contributed by atoms with Crippen molar-refractivity contribution < 1.29 is 38.2 Å². The molecule has 0 N–H and O–H groups in total. The molecule has 0 saturated carbocycles. The number of allylic oxidation sites excluding steroid dienone is 4. The topological polar surface area (TPSA) is 102 Å². The average molecular weight is 848 g/mol. The maximum absolute atomic E-state index is 12.7. The number of esters is 2. The molecule has 0 aliphatic rings. The molecule has 0 aliphatic carbocycles. The smallest absolute Gasteiger partial charge is 0.306 e. The molecule has 0 rings (SSSR count). The first-order valence-corrected chi connectivity index (χ1v) is 25.4. The Bertz CT molecular complexity index is 1040. The highest BCUT2D eigenvalue weighted by molar-refractivity contribution is 5.70. The normalized spacial score (nSPS) is 13.0. The Morgan fingerprint density at radius 2 is 0.883 bits per heavy atom. The van der Waals surface area contributed by atoms with Crippen molar-refractivity contribution in [2.24, 2.45) is 0 Å². The standard InChI is InChI=1S/C52H97NO7/c1-6-8-10-12-14-16-18-20-21-22-23-24-25-26-27-28-29-31-32-34-36-38-40-42-50(54)59-47-48(46-58-45-44-49(52(56)57)53(3,4)5)60-51(55)43-41-39-37-35-33-30-19-17-15-13-11-9-7-2/h23-24,26-27,48-49H,6-22,25,28-47H2,1-5H3/b24-23+,27-26+. The van der Waals surface area contributed by atoms with Crippen LogP contribution in [0.1, 0.15) is 239 Å². The van der Waals surface area contributed by atoms with Crippen molar-refractivity contribution in [3.63, 3.8) is 0 Å². The highest BCUT2D eigenvalue weighted by Crippen LogP contribution is 2.16. The molecule has 60 heavy (non-hydrogen) atoms. The predicted molar refractivity (Wildman–Crippen MR) is 250 cm³/mol. The zero-order valence-corrected chi connectivity index (χ0v) is 40.1. The summed E-state index contributed by atoms with van der Waals surface area (Å²) in [5, 5.41) is 11.6. The molecule has 0 aliphatic heterocycles. The minimum absolute atomic E-state index is 0.0425. The average Bonchev–Trinajstić information content (AvgIpc) is 3.21. The number of ether oxygens (including phenoxy) is 3. The maximum atomic E-state index is 12.7. The molecule has 8 heteroatoms. The second-order valence-corrected chi connectivity index (χ2v) is 18.4.